The van der Waals surface area contributed by atoms with Crippen molar-refractivity contribution in [1.29, 1.82) is 5.26 Å². The lowest BCUT2D eigenvalue weighted by Gasteiger charge is -2.08. The van der Waals surface area contributed by atoms with E-state index in [0.29, 0.717) is 17.2 Å². The first-order valence-electron chi connectivity index (χ1n) is 6.52. The minimum Gasteiger partial charge on any atom is -0.484 e. The van der Waals surface area contributed by atoms with Gasteiger partial charge < -0.3 is 4.74 Å². The molecule has 0 aromatic heterocycles. The third kappa shape index (κ3) is 5.11. The largest absolute Gasteiger partial charge is 0.484 e. The number of nitriles is 1. The molecule has 0 aliphatic rings. The Bertz CT molecular complexity index is 515. The highest BCUT2D eigenvalue weighted by Crippen LogP contribution is 2.11. The molecule has 1 amide bonds. The van der Waals surface area contributed by atoms with Crippen LogP contribution < -0.4 is 10.2 Å². The molecule has 0 saturated heterocycles. The van der Waals surface area contributed by atoms with Gasteiger partial charge in [-0.3, -0.25) is 4.79 Å². The highest BCUT2D eigenvalue weighted by molar-refractivity contribution is 5.86. The Morgan fingerprint density at radius 2 is 2.10 bits per heavy atom. The maximum Gasteiger partial charge on any atom is 0.277 e. The number of carbonyl (C=O) groups is 1. The van der Waals surface area contributed by atoms with Crippen LogP contribution in [0.15, 0.2) is 29.4 Å². The second kappa shape index (κ2) is 7.95. The van der Waals surface area contributed by atoms with Crippen LogP contribution in [0.5, 0.6) is 5.75 Å². The number of rotatable bonds is 6. The van der Waals surface area contributed by atoms with Gasteiger partial charge in [-0.2, -0.15) is 10.4 Å². The molecular weight excluding hydrogens is 254 g/mol. The molecule has 0 heterocycles. The minimum atomic E-state index is -0.308. The van der Waals surface area contributed by atoms with Crippen LogP contribution in [0.1, 0.15) is 32.8 Å². The Balaban J connectivity index is 2.41. The van der Waals surface area contributed by atoms with E-state index >= 15 is 0 Å². The van der Waals surface area contributed by atoms with Gasteiger partial charge in [0, 0.05) is 5.71 Å². The summed E-state index contributed by atoms with van der Waals surface area (Å²) in [6.45, 7) is 5.90. The van der Waals surface area contributed by atoms with E-state index in [1.807, 2.05) is 13.0 Å². The fourth-order valence-electron chi connectivity index (χ4n) is 1.36. The monoisotopic (exact) mass is 273 g/mol. The predicted molar refractivity (Wildman–Crippen MR) is 77.4 cm³/mol. The number of carbonyl (C=O) groups excluding carboxylic acids is 1. The van der Waals surface area contributed by atoms with Crippen LogP contribution in [0.3, 0.4) is 0 Å². The van der Waals surface area contributed by atoms with Crippen molar-refractivity contribution in [3.63, 3.8) is 0 Å². The number of nitrogens with one attached hydrogen (secondary N) is 1. The smallest absolute Gasteiger partial charge is 0.277 e. The van der Waals surface area contributed by atoms with Crippen LogP contribution in [-0.4, -0.2) is 18.2 Å². The molecule has 0 aliphatic carbocycles. The summed E-state index contributed by atoms with van der Waals surface area (Å²) in [5.41, 5.74) is 3.90. The van der Waals surface area contributed by atoms with Crippen LogP contribution in [0.25, 0.3) is 0 Å². The van der Waals surface area contributed by atoms with Crippen molar-refractivity contribution in [1.82, 2.24) is 5.43 Å². The van der Waals surface area contributed by atoms with Gasteiger partial charge in [-0.15, -0.1) is 0 Å². The molecule has 1 rings (SSSR count). The third-order valence-corrected chi connectivity index (χ3v) is 3.04. The van der Waals surface area contributed by atoms with Crippen molar-refractivity contribution in [3.8, 4) is 11.8 Å². The van der Waals surface area contributed by atoms with Gasteiger partial charge in [0.15, 0.2) is 6.61 Å². The zero-order valence-corrected chi connectivity index (χ0v) is 12.0. The Morgan fingerprint density at radius 3 is 2.65 bits per heavy atom. The molecule has 1 N–H and O–H groups in total. The minimum absolute atomic E-state index is 0.108. The van der Waals surface area contributed by atoms with Gasteiger partial charge in [-0.1, -0.05) is 13.8 Å². The number of nitrogens with zero attached hydrogens (tertiary/aromatic N) is 2. The van der Waals surface area contributed by atoms with Gasteiger partial charge in [0.05, 0.1) is 11.6 Å². The topological polar surface area (TPSA) is 74.5 Å². The van der Waals surface area contributed by atoms with Gasteiger partial charge in [-0.25, -0.2) is 5.43 Å². The second-order valence-corrected chi connectivity index (χ2v) is 4.52. The van der Waals surface area contributed by atoms with Crippen molar-refractivity contribution >= 4 is 11.6 Å². The second-order valence-electron chi connectivity index (χ2n) is 4.52. The lowest BCUT2D eigenvalue weighted by molar-refractivity contribution is -0.123. The molecule has 1 aromatic rings. The Morgan fingerprint density at radius 1 is 1.45 bits per heavy atom. The van der Waals surface area contributed by atoms with E-state index in [1.165, 1.54) is 0 Å². The molecule has 0 fully saturated rings. The molecule has 106 valence electrons. The molecule has 5 nitrogen and oxygen atoms in total. The summed E-state index contributed by atoms with van der Waals surface area (Å²) in [5.74, 6) is 0.577. The summed E-state index contributed by atoms with van der Waals surface area (Å²) in [7, 11) is 0. The summed E-state index contributed by atoms with van der Waals surface area (Å²) in [6.07, 6.45) is 0.979. The number of benzene rings is 1. The molecule has 0 saturated carbocycles. The molecule has 0 bridgehead atoms. The Kier molecular flexibility index (Phi) is 6.24. The number of ether oxygens (including phenoxy) is 1. The predicted octanol–water partition coefficient (Wildman–Crippen LogP) is 2.48. The quantitative estimate of drug-likeness (QED) is 0.639. The van der Waals surface area contributed by atoms with E-state index < -0.39 is 0 Å². The first-order valence-corrected chi connectivity index (χ1v) is 6.52. The highest BCUT2D eigenvalue weighted by Gasteiger charge is 2.05. The summed E-state index contributed by atoms with van der Waals surface area (Å²) in [5, 5.41) is 12.7. The van der Waals surface area contributed by atoms with E-state index in [-0.39, 0.29) is 12.5 Å². The number of hydrogen-bond acceptors (Lipinski definition) is 4. The lowest BCUT2D eigenvalue weighted by Crippen LogP contribution is -2.26. The summed E-state index contributed by atoms with van der Waals surface area (Å²) in [6, 6.07) is 8.59. The molecular formula is C15H19N3O2. The maximum atomic E-state index is 11.6. The molecule has 5 heteroatoms. The van der Waals surface area contributed by atoms with E-state index in [0.717, 1.165) is 12.1 Å². The highest BCUT2D eigenvalue weighted by atomic mass is 16.5. The molecule has 1 atom stereocenters. The first kappa shape index (κ1) is 15.7. The summed E-state index contributed by atoms with van der Waals surface area (Å²) < 4.78 is 5.30. The Hall–Kier alpha value is -2.35. The van der Waals surface area contributed by atoms with Crippen molar-refractivity contribution in [2.75, 3.05) is 6.61 Å². The molecule has 0 spiro atoms. The van der Waals surface area contributed by atoms with Crippen molar-refractivity contribution < 1.29 is 9.53 Å². The van der Waals surface area contributed by atoms with Gasteiger partial charge >= 0.3 is 0 Å². The van der Waals surface area contributed by atoms with Gasteiger partial charge in [0.25, 0.3) is 5.91 Å². The van der Waals surface area contributed by atoms with Crippen molar-refractivity contribution in [2.45, 2.75) is 27.2 Å². The molecule has 0 unspecified atom stereocenters. The first-order chi connectivity index (χ1) is 9.56. The normalized spacial score (nSPS) is 12.4. The van der Waals surface area contributed by atoms with E-state index in [1.54, 1.807) is 24.3 Å². The van der Waals surface area contributed by atoms with Crippen molar-refractivity contribution in [2.24, 2.45) is 11.0 Å². The van der Waals surface area contributed by atoms with E-state index in [9.17, 15) is 4.79 Å². The van der Waals surface area contributed by atoms with Crippen LogP contribution in [0.4, 0.5) is 0 Å². The molecule has 1 aromatic carbocycles. The van der Waals surface area contributed by atoms with Gasteiger partial charge in [0.2, 0.25) is 0 Å². The van der Waals surface area contributed by atoms with Crippen LogP contribution in [-0.2, 0) is 4.79 Å². The maximum absolute atomic E-state index is 11.6. The van der Waals surface area contributed by atoms with Crippen LogP contribution in [0, 0.1) is 17.2 Å². The number of amides is 1. The number of hydrazone groups is 1. The fraction of sp³-hybridized carbons (Fsp3) is 0.400. The summed E-state index contributed by atoms with van der Waals surface area (Å²) in [4.78, 5) is 11.6. The standard InChI is InChI=1S/C15H19N3O2/c1-4-11(2)12(3)17-18-15(19)10-20-14-7-5-13(9-16)6-8-14/h5-8,11H,4,10H2,1-3H3,(H,18,19)/b17-12-/t11-/m0/s1. The van der Waals surface area contributed by atoms with Crippen LogP contribution >= 0.6 is 0 Å². The number of hydrogen-bond donors (Lipinski definition) is 1. The SMILES string of the molecule is CC[C@H](C)/C(C)=N\NC(=O)COc1ccc(C#N)cc1. The molecule has 0 aliphatic heterocycles. The Labute approximate surface area is 119 Å². The van der Waals surface area contributed by atoms with Crippen LogP contribution in [0.2, 0.25) is 0 Å². The zero-order chi connectivity index (χ0) is 15.0. The fourth-order valence-corrected chi connectivity index (χ4v) is 1.36. The van der Waals surface area contributed by atoms with E-state index in [2.05, 4.69) is 24.4 Å². The average Bonchev–Trinajstić information content (AvgIpc) is 2.50. The molecule has 20 heavy (non-hydrogen) atoms. The average molecular weight is 273 g/mol. The summed E-state index contributed by atoms with van der Waals surface area (Å²) >= 11 is 0. The van der Waals surface area contributed by atoms with E-state index in [4.69, 9.17) is 10.00 Å². The third-order valence-electron chi connectivity index (χ3n) is 3.04. The lowest BCUT2D eigenvalue weighted by atomic mass is 10.1. The van der Waals surface area contributed by atoms with Gasteiger partial charge in [-0.05, 0) is 43.5 Å². The van der Waals surface area contributed by atoms with Gasteiger partial charge in [0.1, 0.15) is 5.75 Å². The molecule has 0 radical (unpaired) electrons. The zero-order valence-electron chi connectivity index (χ0n) is 12.0. The van der Waals surface area contributed by atoms with Crippen molar-refractivity contribution in [3.05, 3.63) is 29.8 Å².